The summed E-state index contributed by atoms with van der Waals surface area (Å²) in [5.41, 5.74) is 3.65. The van der Waals surface area contributed by atoms with E-state index in [0.29, 0.717) is 25.0 Å². The lowest BCUT2D eigenvalue weighted by Gasteiger charge is -2.30. The first kappa shape index (κ1) is 26.5. The summed E-state index contributed by atoms with van der Waals surface area (Å²) < 4.78 is 83.0. The van der Waals surface area contributed by atoms with Crippen molar-refractivity contribution in [1.82, 2.24) is 19.4 Å². The van der Waals surface area contributed by atoms with Crippen LogP contribution >= 0.6 is 0 Å². The molecule has 198 valence electrons. The zero-order valence-corrected chi connectivity index (χ0v) is 19.4. The van der Waals surface area contributed by atoms with E-state index in [-0.39, 0.29) is 50.4 Å². The highest BCUT2D eigenvalue weighted by molar-refractivity contribution is 5.95. The van der Waals surface area contributed by atoms with Crippen LogP contribution in [0.4, 0.5) is 26.3 Å². The van der Waals surface area contributed by atoms with Gasteiger partial charge in [0, 0.05) is 38.2 Å². The normalized spacial score (nSPS) is 18.5. The molecule has 2 N–H and O–H groups in total. The average Bonchev–Trinajstić information content (AvgIpc) is 3.46. The quantitative estimate of drug-likeness (QED) is 0.475. The summed E-state index contributed by atoms with van der Waals surface area (Å²) in [6, 6.07) is 1.15. The monoisotopic (exact) mass is 528 g/mol. The maximum Gasteiger partial charge on any atom is 0.435 e. The molecule has 2 amide bonds. The van der Waals surface area contributed by atoms with Gasteiger partial charge in [-0.05, 0) is 30.9 Å². The maximum atomic E-state index is 13.9. The molecule has 0 aliphatic carbocycles. The molecule has 1 aromatic heterocycles. The van der Waals surface area contributed by atoms with E-state index in [9.17, 15) is 41.2 Å². The Morgan fingerprint density at radius 3 is 2.51 bits per heavy atom. The summed E-state index contributed by atoms with van der Waals surface area (Å²) in [6.45, 7) is -0.379. The topological polar surface area (TPSA) is 108 Å². The van der Waals surface area contributed by atoms with Gasteiger partial charge >= 0.3 is 6.18 Å². The number of hydrogen-bond donors (Lipinski definition) is 1. The zero-order valence-electron chi connectivity index (χ0n) is 19.4. The maximum absolute atomic E-state index is 13.9. The van der Waals surface area contributed by atoms with Crippen molar-refractivity contribution in [2.75, 3.05) is 13.1 Å². The highest BCUT2D eigenvalue weighted by Gasteiger charge is 2.44. The third kappa shape index (κ3) is 5.27. The number of alkyl halides is 3. The largest absolute Gasteiger partial charge is 0.435 e. The van der Waals surface area contributed by atoms with Gasteiger partial charge in [0.1, 0.15) is 23.4 Å². The number of fused-ring (bicyclic) bond motifs is 1. The first-order chi connectivity index (χ1) is 17.4. The van der Waals surface area contributed by atoms with Gasteiger partial charge in [0.2, 0.25) is 5.91 Å². The molecule has 4 rings (SSSR count). The first-order valence-electron chi connectivity index (χ1n) is 11.4. The Hall–Kier alpha value is -3.60. The minimum atomic E-state index is -4.94. The summed E-state index contributed by atoms with van der Waals surface area (Å²) >= 11 is 0. The van der Waals surface area contributed by atoms with Crippen molar-refractivity contribution in [2.45, 2.75) is 57.0 Å². The predicted molar refractivity (Wildman–Crippen MR) is 115 cm³/mol. The highest BCUT2D eigenvalue weighted by Crippen LogP contribution is 2.35. The van der Waals surface area contributed by atoms with Crippen molar-refractivity contribution >= 4 is 11.8 Å². The average molecular weight is 528 g/mol. The van der Waals surface area contributed by atoms with Gasteiger partial charge < -0.3 is 20.1 Å². The van der Waals surface area contributed by atoms with Gasteiger partial charge in [-0.2, -0.15) is 18.4 Å². The van der Waals surface area contributed by atoms with Crippen LogP contribution < -0.4 is 5.73 Å². The number of benzene rings is 1. The van der Waals surface area contributed by atoms with Gasteiger partial charge in [-0.25, -0.2) is 18.2 Å². The van der Waals surface area contributed by atoms with Crippen LogP contribution in [-0.2, 0) is 30.5 Å². The molecule has 2 aromatic rings. The van der Waals surface area contributed by atoms with E-state index >= 15 is 0 Å². The minimum absolute atomic E-state index is 0.0479. The number of carbonyl (C=O) groups excluding carboxylic acids is 2. The van der Waals surface area contributed by atoms with Crippen LogP contribution in [-0.4, -0.2) is 56.3 Å². The molecule has 0 spiro atoms. The molecule has 1 saturated heterocycles. The molecule has 1 aromatic carbocycles. The second-order valence-corrected chi connectivity index (χ2v) is 9.00. The number of carbonyl (C=O) groups is 2. The van der Waals surface area contributed by atoms with Gasteiger partial charge in [0.15, 0.2) is 17.3 Å². The zero-order chi connectivity index (χ0) is 27.1. The predicted octanol–water partition coefficient (Wildman–Crippen LogP) is 2.75. The third-order valence-corrected chi connectivity index (χ3v) is 6.47. The van der Waals surface area contributed by atoms with Crippen molar-refractivity contribution in [1.29, 1.82) is 5.26 Å². The number of rotatable bonds is 5. The molecule has 0 unspecified atom stereocenters. The molecule has 2 atom stereocenters. The summed E-state index contributed by atoms with van der Waals surface area (Å²) in [7, 11) is 0. The first-order valence-corrected chi connectivity index (χ1v) is 11.4. The van der Waals surface area contributed by atoms with E-state index in [1.807, 2.05) is 6.07 Å². The summed E-state index contributed by atoms with van der Waals surface area (Å²) in [4.78, 5) is 31.8. The van der Waals surface area contributed by atoms with Crippen LogP contribution in [0, 0.1) is 28.8 Å². The van der Waals surface area contributed by atoms with Crippen LogP contribution in [0.15, 0.2) is 12.1 Å². The Bertz CT molecular complexity index is 1270. The lowest BCUT2D eigenvalue weighted by atomic mass is 10.0. The van der Waals surface area contributed by atoms with Crippen LogP contribution in [0.1, 0.15) is 46.8 Å². The number of amides is 2. The minimum Gasteiger partial charge on any atom is -0.333 e. The molecule has 0 saturated carbocycles. The van der Waals surface area contributed by atoms with E-state index in [1.54, 1.807) is 0 Å². The van der Waals surface area contributed by atoms with Gasteiger partial charge in [-0.3, -0.25) is 9.59 Å². The van der Waals surface area contributed by atoms with E-state index in [2.05, 4.69) is 4.98 Å². The smallest absolute Gasteiger partial charge is 0.333 e. The van der Waals surface area contributed by atoms with Crippen molar-refractivity contribution < 1.29 is 35.9 Å². The van der Waals surface area contributed by atoms with Crippen LogP contribution in [0.5, 0.6) is 0 Å². The van der Waals surface area contributed by atoms with Crippen molar-refractivity contribution in [2.24, 2.45) is 5.73 Å². The molecule has 8 nitrogen and oxygen atoms in total. The van der Waals surface area contributed by atoms with Crippen molar-refractivity contribution in [3.8, 4) is 6.07 Å². The summed E-state index contributed by atoms with van der Waals surface area (Å²) in [5.74, 6) is -5.29. The van der Waals surface area contributed by atoms with E-state index in [4.69, 9.17) is 5.73 Å². The molecule has 2 aliphatic heterocycles. The SMILES string of the molecule is N#C[C@@H]1CCCN1C(=O)c1c(C(F)(F)F)nc2n1CCN(C(=O)C[C@@H](N)Cc1cc(F)c(F)cc1F)C2. The van der Waals surface area contributed by atoms with E-state index in [1.165, 1.54) is 4.90 Å². The van der Waals surface area contributed by atoms with Gasteiger partial charge in [0.05, 0.1) is 12.6 Å². The summed E-state index contributed by atoms with van der Waals surface area (Å²) in [5, 5.41) is 9.25. The molecule has 0 bridgehead atoms. The number of nitriles is 1. The molecular weight excluding hydrogens is 506 g/mol. The number of halogens is 6. The molecular formula is C23H22F6N6O2. The Morgan fingerprint density at radius 2 is 1.84 bits per heavy atom. The molecule has 2 aliphatic rings. The fourth-order valence-electron chi connectivity index (χ4n) is 4.67. The number of imidazole rings is 1. The molecule has 1 fully saturated rings. The Kier molecular flexibility index (Phi) is 7.18. The number of nitrogens with two attached hydrogens (primary N) is 1. The second-order valence-electron chi connectivity index (χ2n) is 9.00. The molecule has 3 heterocycles. The number of aromatic nitrogens is 2. The van der Waals surface area contributed by atoms with Gasteiger partial charge in [-0.15, -0.1) is 0 Å². The van der Waals surface area contributed by atoms with Crippen molar-refractivity contribution in [3.63, 3.8) is 0 Å². The number of likely N-dealkylation sites (tertiary alicyclic amines) is 1. The number of hydrogen-bond acceptors (Lipinski definition) is 5. The highest BCUT2D eigenvalue weighted by atomic mass is 19.4. The Labute approximate surface area is 207 Å². The standard InChI is InChI=1S/C23H22F6N6O2/c24-15-9-17(26)16(25)7-12(15)6-13(31)8-19(36)33-4-5-35-18(11-33)32-21(23(27,28)29)20(35)22(37)34-3-1-2-14(34)10-30/h7,9,13-14H,1-6,8,11,31H2/t13-,14-/m0/s1. The Morgan fingerprint density at radius 1 is 1.14 bits per heavy atom. The van der Waals surface area contributed by atoms with Crippen LogP contribution in [0.3, 0.4) is 0 Å². The van der Waals surface area contributed by atoms with E-state index < -0.39 is 58.9 Å². The van der Waals surface area contributed by atoms with E-state index in [0.717, 1.165) is 9.47 Å². The Balaban J connectivity index is 1.51. The van der Waals surface area contributed by atoms with Gasteiger partial charge in [-0.1, -0.05) is 0 Å². The number of nitrogens with zero attached hydrogens (tertiary/aromatic N) is 5. The third-order valence-electron chi connectivity index (χ3n) is 6.47. The van der Waals surface area contributed by atoms with Crippen molar-refractivity contribution in [3.05, 3.63) is 52.4 Å². The van der Waals surface area contributed by atoms with Crippen LogP contribution in [0.2, 0.25) is 0 Å². The fourth-order valence-corrected chi connectivity index (χ4v) is 4.67. The fraction of sp³-hybridized carbons (Fsp3) is 0.478. The molecule has 37 heavy (non-hydrogen) atoms. The lowest BCUT2D eigenvalue weighted by Crippen LogP contribution is -2.43. The molecule has 14 heteroatoms. The lowest BCUT2D eigenvalue weighted by molar-refractivity contribution is -0.141. The molecule has 0 radical (unpaired) electrons. The van der Waals surface area contributed by atoms with Gasteiger partial charge in [0.25, 0.3) is 5.91 Å². The summed E-state index contributed by atoms with van der Waals surface area (Å²) in [6.07, 6.45) is -4.70. The second kappa shape index (κ2) is 10.0. The van der Waals surface area contributed by atoms with Crippen LogP contribution in [0.25, 0.3) is 0 Å².